The van der Waals surface area contributed by atoms with Gasteiger partial charge in [0.05, 0.1) is 10.0 Å². The van der Waals surface area contributed by atoms with Crippen LogP contribution in [0.2, 0.25) is 10.0 Å². The van der Waals surface area contributed by atoms with Crippen LogP contribution in [-0.2, 0) is 4.79 Å². The number of carbonyl (C=O) groups excluding carboxylic acids is 2. The predicted molar refractivity (Wildman–Crippen MR) is 94.3 cm³/mol. The van der Waals surface area contributed by atoms with E-state index < -0.39 is 6.04 Å². The molecule has 0 spiro atoms. The number of halogens is 2. The fourth-order valence-electron chi connectivity index (χ4n) is 3.48. The van der Waals surface area contributed by atoms with Crippen molar-refractivity contribution in [2.24, 2.45) is 5.73 Å². The number of amides is 2. The molecule has 0 saturated carbocycles. The molecule has 0 aromatic heterocycles. The van der Waals surface area contributed by atoms with Crippen LogP contribution in [0.15, 0.2) is 18.2 Å². The molecule has 5 nitrogen and oxygen atoms in total. The van der Waals surface area contributed by atoms with Gasteiger partial charge in [-0.2, -0.15) is 0 Å². The standard InChI is InChI=1S/C17H21Cl2N3O2/c18-13-6-5-11(9-14(13)19)16(23)22-8-2-4-15(22)17(24)21-7-1-3-12(20)10-21/h5-6,9,12,15H,1-4,7-8,10,20H2. The van der Waals surface area contributed by atoms with Crippen LogP contribution in [-0.4, -0.2) is 53.3 Å². The highest BCUT2D eigenvalue weighted by Gasteiger charge is 2.37. The highest BCUT2D eigenvalue weighted by Crippen LogP contribution is 2.27. The number of nitrogens with two attached hydrogens (primary N) is 1. The first-order chi connectivity index (χ1) is 11.5. The second-order valence-electron chi connectivity index (χ2n) is 6.47. The summed E-state index contributed by atoms with van der Waals surface area (Å²) in [6, 6.07) is 4.43. The van der Waals surface area contributed by atoms with Crippen molar-refractivity contribution in [1.29, 1.82) is 0 Å². The summed E-state index contributed by atoms with van der Waals surface area (Å²) in [5.41, 5.74) is 6.43. The van der Waals surface area contributed by atoms with Crippen LogP contribution >= 0.6 is 23.2 Å². The number of piperidine rings is 1. The van der Waals surface area contributed by atoms with Crippen LogP contribution in [0.4, 0.5) is 0 Å². The van der Waals surface area contributed by atoms with Gasteiger partial charge in [0.25, 0.3) is 5.91 Å². The van der Waals surface area contributed by atoms with Gasteiger partial charge in [-0.1, -0.05) is 23.2 Å². The lowest BCUT2D eigenvalue weighted by Gasteiger charge is -2.35. The van der Waals surface area contributed by atoms with Crippen LogP contribution in [0.25, 0.3) is 0 Å². The lowest BCUT2D eigenvalue weighted by atomic mass is 10.0. The van der Waals surface area contributed by atoms with Crippen molar-refractivity contribution in [3.63, 3.8) is 0 Å². The fraction of sp³-hybridized carbons (Fsp3) is 0.529. The van der Waals surface area contributed by atoms with Gasteiger partial charge in [-0.25, -0.2) is 0 Å². The van der Waals surface area contributed by atoms with E-state index in [9.17, 15) is 9.59 Å². The van der Waals surface area contributed by atoms with Crippen LogP contribution in [0.1, 0.15) is 36.0 Å². The summed E-state index contributed by atoms with van der Waals surface area (Å²) in [5, 5.41) is 0.746. The van der Waals surface area contributed by atoms with Crippen molar-refractivity contribution < 1.29 is 9.59 Å². The largest absolute Gasteiger partial charge is 0.339 e. The number of benzene rings is 1. The van der Waals surface area contributed by atoms with E-state index in [4.69, 9.17) is 28.9 Å². The summed E-state index contributed by atoms with van der Waals surface area (Å²) in [7, 11) is 0. The van der Waals surface area contributed by atoms with Crippen LogP contribution in [0.5, 0.6) is 0 Å². The van der Waals surface area contributed by atoms with Crippen molar-refractivity contribution in [1.82, 2.24) is 9.80 Å². The Labute approximate surface area is 151 Å². The molecule has 2 fully saturated rings. The lowest BCUT2D eigenvalue weighted by molar-refractivity contribution is -0.136. The predicted octanol–water partition coefficient (Wildman–Crippen LogP) is 2.55. The van der Waals surface area contributed by atoms with E-state index in [-0.39, 0.29) is 17.9 Å². The molecule has 2 atom stereocenters. The summed E-state index contributed by atoms with van der Waals surface area (Å²) in [5.74, 6) is -0.165. The highest BCUT2D eigenvalue weighted by atomic mass is 35.5. The Bertz CT molecular complexity index is 653. The van der Waals surface area contributed by atoms with Gasteiger partial charge >= 0.3 is 0 Å². The van der Waals surface area contributed by atoms with Gasteiger partial charge in [-0.05, 0) is 43.9 Å². The maximum atomic E-state index is 12.8. The van der Waals surface area contributed by atoms with Gasteiger partial charge in [0.2, 0.25) is 5.91 Å². The first-order valence-corrected chi connectivity index (χ1v) is 9.03. The summed E-state index contributed by atoms with van der Waals surface area (Å²) >= 11 is 11.9. The topological polar surface area (TPSA) is 66.6 Å². The molecule has 0 aliphatic carbocycles. The number of hydrogen-bond donors (Lipinski definition) is 1. The number of likely N-dealkylation sites (tertiary alicyclic amines) is 2. The summed E-state index contributed by atoms with van der Waals surface area (Å²) < 4.78 is 0. The zero-order valence-electron chi connectivity index (χ0n) is 13.4. The van der Waals surface area contributed by atoms with Crippen molar-refractivity contribution >= 4 is 35.0 Å². The average Bonchev–Trinajstić information content (AvgIpc) is 3.05. The molecule has 0 bridgehead atoms. The number of nitrogens with zero attached hydrogens (tertiary/aromatic N) is 2. The van der Waals surface area contributed by atoms with Crippen molar-refractivity contribution in [2.45, 2.75) is 37.8 Å². The molecule has 2 saturated heterocycles. The van der Waals surface area contributed by atoms with E-state index in [2.05, 4.69) is 0 Å². The average molecular weight is 370 g/mol. The SMILES string of the molecule is NC1CCCN(C(=O)C2CCCN2C(=O)c2ccc(Cl)c(Cl)c2)C1. The second kappa shape index (κ2) is 7.30. The monoisotopic (exact) mass is 369 g/mol. The molecule has 2 aliphatic heterocycles. The van der Waals surface area contributed by atoms with Gasteiger partial charge < -0.3 is 15.5 Å². The van der Waals surface area contributed by atoms with Crippen molar-refractivity contribution in [3.8, 4) is 0 Å². The third-order valence-corrected chi connectivity index (χ3v) is 5.47. The first kappa shape index (κ1) is 17.5. The van der Waals surface area contributed by atoms with E-state index in [1.165, 1.54) is 0 Å². The minimum Gasteiger partial charge on any atom is -0.339 e. The molecule has 1 aromatic rings. The van der Waals surface area contributed by atoms with E-state index in [1.54, 1.807) is 28.0 Å². The molecular formula is C17H21Cl2N3O2. The van der Waals surface area contributed by atoms with E-state index in [0.29, 0.717) is 35.1 Å². The summed E-state index contributed by atoms with van der Waals surface area (Å²) in [6.45, 7) is 1.87. The Morgan fingerprint density at radius 1 is 1.08 bits per heavy atom. The Morgan fingerprint density at radius 2 is 1.83 bits per heavy atom. The van der Waals surface area contributed by atoms with Crippen molar-refractivity contribution in [2.75, 3.05) is 19.6 Å². The molecule has 130 valence electrons. The molecule has 3 rings (SSSR count). The molecule has 2 N–H and O–H groups in total. The second-order valence-corrected chi connectivity index (χ2v) is 7.29. The third kappa shape index (κ3) is 3.53. The van der Waals surface area contributed by atoms with E-state index in [1.807, 2.05) is 0 Å². The molecule has 1 aromatic carbocycles. The lowest BCUT2D eigenvalue weighted by Crippen LogP contribution is -2.53. The van der Waals surface area contributed by atoms with Crippen LogP contribution in [0.3, 0.4) is 0 Å². The molecule has 2 aliphatic rings. The highest BCUT2D eigenvalue weighted by molar-refractivity contribution is 6.42. The molecule has 2 heterocycles. The Hall–Kier alpha value is -1.30. The maximum Gasteiger partial charge on any atom is 0.254 e. The Kier molecular flexibility index (Phi) is 5.33. The Balaban J connectivity index is 1.75. The van der Waals surface area contributed by atoms with Crippen LogP contribution in [0, 0.1) is 0 Å². The van der Waals surface area contributed by atoms with Gasteiger partial charge in [-0.15, -0.1) is 0 Å². The van der Waals surface area contributed by atoms with Crippen molar-refractivity contribution in [3.05, 3.63) is 33.8 Å². The molecule has 2 amide bonds. The van der Waals surface area contributed by atoms with E-state index in [0.717, 1.165) is 25.8 Å². The smallest absolute Gasteiger partial charge is 0.254 e. The normalized spacial score (nSPS) is 24.3. The van der Waals surface area contributed by atoms with Gasteiger partial charge in [-0.3, -0.25) is 9.59 Å². The Morgan fingerprint density at radius 3 is 2.54 bits per heavy atom. The quantitative estimate of drug-likeness (QED) is 0.870. The first-order valence-electron chi connectivity index (χ1n) is 8.28. The fourth-order valence-corrected chi connectivity index (χ4v) is 3.78. The molecule has 24 heavy (non-hydrogen) atoms. The molecule has 0 radical (unpaired) electrons. The number of hydrogen-bond acceptors (Lipinski definition) is 3. The van der Waals surface area contributed by atoms with Gasteiger partial charge in [0, 0.05) is 31.2 Å². The summed E-state index contributed by atoms with van der Waals surface area (Å²) in [4.78, 5) is 29.1. The van der Waals surface area contributed by atoms with E-state index >= 15 is 0 Å². The van der Waals surface area contributed by atoms with Crippen LogP contribution < -0.4 is 5.73 Å². The minimum absolute atomic E-state index is 0.0102. The third-order valence-electron chi connectivity index (χ3n) is 4.73. The summed E-state index contributed by atoms with van der Waals surface area (Å²) in [6.07, 6.45) is 3.38. The number of carbonyl (C=O) groups is 2. The van der Waals surface area contributed by atoms with Gasteiger partial charge in [0.1, 0.15) is 6.04 Å². The molecule has 2 unspecified atom stereocenters. The molecule has 7 heteroatoms. The molecular weight excluding hydrogens is 349 g/mol. The van der Waals surface area contributed by atoms with Gasteiger partial charge in [0.15, 0.2) is 0 Å². The zero-order chi connectivity index (χ0) is 17.3. The minimum atomic E-state index is -0.405. The number of rotatable bonds is 2. The zero-order valence-corrected chi connectivity index (χ0v) is 14.9. The maximum absolute atomic E-state index is 12.8.